The molecule has 0 nitrogen and oxygen atoms in total. The molecule has 0 amide bonds. The Hall–Kier alpha value is 3.04. The van der Waals surface area contributed by atoms with E-state index in [0.29, 0.717) is 0 Å². The van der Waals surface area contributed by atoms with Gasteiger partial charge in [-0.15, -0.1) is 0 Å². The molecule has 0 heterocycles. The van der Waals surface area contributed by atoms with E-state index in [9.17, 15) is 0 Å². The zero-order valence-corrected chi connectivity index (χ0v) is 10.5. The second-order valence-electron chi connectivity index (χ2n) is 0. The van der Waals surface area contributed by atoms with E-state index in [4.69, 9.17) is 0 Å². The minimum atomic E-state index is 0. The summed E-state index contributed by atoms with van der Waals surface area (Å²) >= 11 is 0. The zero-order valence-electron chi connectivity index (χ0n) is 2.43. The Bertz CT molecular complexity index is 6.85. The molecule has 0 aromatic heterocycles. The SMILES string of the molecule is [Mg+2].[Se-2].[Se-2].[Se-2].[Ti+4]. The normalized spacial score (nSPS) is 0. The zero-order chi connectivity index (χ0) is 0. The van der Waals surface area contributed by atoms with Crippen LogP contribution in [-0.4, -0.2) is 74.3 Å². The maximum atomic E-state index is 0. The van der Waals surface area contributed by atoms with E-state index in [0.717, 1.165) is 0 Å². The first kappa shape index (κ1) is 43.1. The van der Waals surface area contributed by atoms with Gasteiger partial charge in [-0.1, -0.05) is 0 Å². The van der Waals surface area contributed by atoms with Gasteiger partial charge in [0.05, 0.1) is 0 Å². The first-order chi connectivity index (χ1) is 0. The Morgan fingerprint density at radius 3 is 0.600 bits per heavy atom. The van der Waals surface area contributed by atoms with Crippen molar-refractivity contribution < 1.29 is 21.7 Å². The Morgan fingerprint density at radius 1 is 0.600 bits per heavy atom. The number of rotatable bonds is 0. The molecule has 0 aromatic rings. The fourth-order valence-corrected chi connectivity index (χ4v) is 0. The number of hydrogen-bond donors (Lipinski definition) is 0. The molecule has 0 atom stereocenters. The average Bonchev–Trinajstić information content (AvgIpc) is 0. The van der Waals surface area contributed by atoms with E-state index < -0.39 is 0 Å². The minimum Gasteiger partial charge on any atom is -2.00 e. The van der Waals surface area contributed by atoms with Crippen LogP contribution in [0.15, 0.2) is 0 Å². The van der Waals surface area contributed by atoms with Gasteiger partial charge >= 0.3 is 44.8 Å². The van der Waals surface area contributed by atoms with Gasteiger partial charge in [-0.3, -0.25) is 0 Å². The summed E-state index contributed by atoms with van der Waals surface area (Å²) in [6.07, 6.45) is 0. The van der Waals surface area contributed by atoms with E-state index in [1.54, 1.807) is 0 Å². The van der Waals surface area contributed by atoms with Crippen molar-refractivity contribution in [2.24, 2.45) is 0 Å². The molecule has 0 aliphatic heterocycles. The Balaban J connectivity index is 0. The molecule has 0 N–H and O–H groups in total. The number of hydrogen-bond acceptors (Lipinski definition) is 0. The van der Waals surface area contributed by atoms with E-state index in [2.05, 4.69) is 0 Å². The van der Waals surface area contributed by atoms with Gasteiger partial charge in [0.25, 0.3) is 0 Å². The molecule has 5 heteroatoms. The topological polar surface area (TPSA) is 0 Å². The van der Waals surface area contributed by atoms with Crippen molar-refractivity contribution >= 4 is 74.3 Å². The van der Waals surface area contributed by atoms with Crippen molar-refractivity contribution in [3.8, 4) is 0 Å². The van der Waals surface area contributed by atoms with Crippen LogP contribution in [0.1, 0.15) is 0 Å². The fraction of sp³-hybridized carbons (Fsp3) is 0. The summed E-state index contributed by atoms with van der Waals surface area (Å²) in [5, 5.41) is 0. The Labute approximate surface area is 94.4 Å². The third-order valence-corrected chi connectivity index (χ3v) is 0. The van der Waals surface area contributed by atoms with Crippen LogP contribution in [0.4, 0.5) is 0 Å². The van der Waals surface area contributed by atoms with E-state index >= 15 is 0 Å². The fourth-order valence-electron chi connectivity index (χ4n) is 0. The standard InChI is InChI=1S/Mg.3Se.Ti/q+2;3*-2;+4. The van der Waals surface area contributed by atoms with Crippen LogP contribution in [0.3, 0.4) is 0 Å². The van der Waals surface area contributed by atoms with Crippen molar-refractivity contribution in [1.29, 1.82) is 0 Å². The maximum Gasteiger partial charge on any atom is 4.00 e. The second kappa shape index (κ2) is 27.8. The molecule has 0 aliphatic rings. The van der Waals surface area contributed by atoms with Crippen molar-refractivity contribution in [2.75, 3.05) is 0 Å². The van der Waals surface area contributed by atoms with Gasteiger partial charge in [0.15, 0.2) is 0 Å². The molecule has 0 saturated carbocycles. The van der Waals surface area contributed by atoms with Crippen LogP contribution in [0, 0.1) is 0 Å². The van der Waals surface area contributed by atoms with Crippen LogP contribution in [0.2, 0.25) is 0 Å². The average molecular weight is 309 g/mol. The molecule has 0 aliphatic carbocycles. The quantitative estimate of drug-likeness (QED) is 0.477. The Kier molecular flexibility index (Phi) is 240. The predicted molar refractivity (Wildman–Crippen MR) is 23.0 cm³/mol. The van der Waals surface area contributed by atoms with E-state index in [1.807, 2.05) is 0 Å². The van der Waals surface area contributed by atoms with Gasteiger partial charge in [0, 0.05) is 0 Å². The van der Waals surface area contributed by atoms with Crippen LogP contribution < -0.4 is 0 Å². The summed E-state index contributed by atoms with van der Waals surface area (Å²) < 4.78 is 0. The van der Waals surface area contributed by atoms with Crippen molar-refractivity contribution in [3.05, 3.63) is 0 Å². The summed E-state index contributed by atoms with van der Waals surface area (Å²) in [5.41, 5.74) is 0. The molecule has 0 saturated heterocycles. The molecule has 24 valence electrons. The molecule has 0 aromatic carbocycles. The molecule has 0 spiro atoms. The van der Waals surface area contributed by atoms with Crippen LogP contribution in [0.5, 0.6) is 0 Å². The van der Waals surface area contributed by atoms with Gasteiger partial charge in [0.1, 0.15) is 0 Å². The molecular formula is MgSe3Ti. The van der Waals surface area contributed by atoms with Crippen LogP contribution in [-0.2, 0) is 21.7 Å². The summed E-state index contributed by atoms with van der Waals surface area (Å²) in [5.74, 6) is 0. The van der Waals surface area contributed by atoms with E-state index in [1.165, 1.54) is 0 Å². The second-order valence-corrected chi connectivity index (χ2v) is 0. The van der Waals surface area contributed by atoms with Crippen molar-refractivity contribution in [1.82, 2.24) is 0 Å². The third-order valence-electron chi connectivity index (χ3n) is 0. The van der Waals surface area contributed by atoms with Gasteiger partial charge < -0.3 is 51.2 Å². The summed E-state index contributed by atoms with van der Waals surface area (Å²) in [6, 6.07) is 0. The van der Waals surface area contributed by atoms with Gasteiger partial charge in [-0.05, 0) is 0 Å². The summed E-state index contributed by atoms with van der Waals surface area (Å²) in [7, 11) is 0. The van der Waals surface area contributed by atoms with E-state index in [-0.39, 0.29) is 96.0 Å². The van der Waals surface area contributed by atoms with Crippen LogP contribution >= 0.6 is 0 Å². The monoisotopic (exact) mass is 312 g/mol. The van der Waals surface area contributed by atoms with Gasteiger partial charge in [0.2, 0.25) is 0 Å². The summed E-state index contributed by atoms with van der Waals surface area (Å²) in [4.78, 5) is 0. The Morgan fingerprint density at radius 2 is 0.600 bits per heavy atom. The summed E-state index contributed by atoms with van der Waals surface area (Å²) in [6.45, 7) is 0. The molecule has 0 bridgehead atoms. The van der Waals surface area contributed by atoms with Crippen molar-refractivity contribution in [3.63, 3.8) is 0 Å². The molecule has 0 fully saturated rings. The molecule has 0 unspecified atom stereocenters. The first-order valence-electron chi connectivity index (χ1n) is 0. The third kappa shape index (κ3) is 19.4. The van der Waals surface area contributed by atoms with Gasteiger partial charge in [-0.2, -0.15) is 0 Å². The molecule has 5 heavy (non-hydrogen) atoms. The van der Waals surface area contributed by atoms with Crippen molar-refractivity contribution in [2.45, 2.75) is 0 Å². The predicted octanol–water partition coefficient (Wildman–Crippen LogP) is -1.53. The van der Waals surface area contributed by atoms with Crippen LogP contribution in [0.25, 0.3) is 0 Å². The minimum absolute atomic E-state index is 0. The maximum absolute atomic E-state index is 0. The first-order valence-corrected chi connectivity index (χ1v) is 0. The smallest absolute Gasteiger partial charge is 2.00 e. The largest absolute Gasteiger partial charge is 4.00 e. The molecule has 0 radical (unpaired) electrons. The molecular weight excluding hydrogens is 309 g/mol. The molecule has 0 rings (SSSR count). The van der Waals surface area contributed by atoms with Gasteiger partial charge in [-0.25, -0.2) is 0 Å².